The fourth-order valence-electron chi connectivity index (χ4n) is 3.30. The van der Waals surface area contributed by atoms with Crippen LogP contribution in [0.2, 0.25) is 0 Å². The number of thiocarbonyl (C=S) groups is 1. The fraction of sp³-hybridized carbons (Fsp3) is 0.261. The lowest BCUT2D eigenvalue weighted by Gasteiger charge is -2.13. The topological polar surface area (TPSA) is 57.6 Å². The van der Waals surface area contributed by atoms with E-state index in [1.807, 2.05) is 0 Å². The Balaban J connectivity index is 1.82. The smallest absolute Gasteiger partial charge is 0.416 e. The van der Waals surface area contributed by atoms with E-state index in [9.17, 15) is 31.5 Å². The van der Waals surface area contributed by atoms with E-state index < -0.39 is 35.3 Å². The molecule has 0 atom stereocenters. The normalized spacial score (nSPS) is 15.4. The van der Waals surface area contributed by atoms with Crippen LogP contribution in [0.1, 0.15) is 36.8 Å². The Bertz CT molecular complexity index is 1160. The van der Waals surface area contributed by atoms with E-state index in [1.54, 1.807) is 0 Å². The van der Waals surface area contributed by atoms with E-state index in [2.05, 4.69) is 0 Å². The van der Waals surface area contributed by atoms with Crippen molar-refractivity contribution in [3.63, 3.8) is 0 Å². The second-order valence-electron chi connectivity index (χ2n) is 7.47. The van der Waals surface area contributed by atoms with Gasteiger partial charge in [0.05, 0.1) is 10.5 Å². The molecule has 0 spiro atoms. The molecule has 1 aliphatic heterocycles. The molecule has 2 aromatic rings. The van der Waals surface area contributed by atoms with E-state index in [4.69, 9.17) is 17.3 Å². The minimum Gasteiger partial charge on any atom is -0.481 e. The van der Waals surface area contributed by atoms with Crippen molar-refractivity contribution in [3.05, 3.63) is 64.1 Å². The zero-order valence-electron chi connectivity index (χ0n) is 17.5. The Kier molecular flexibility index (Phi) is 8.09. The van der Waals surface area contributed by atoms with Crippen LogP contribution in [0.4, 0.5) is 22.0 Å². The first-order valence-corrected chi connectivity index (χ1v) is 11.3. The summed E-state index contributed by atoms with van der Waals surface area (Å²) in [5.74, 6) is -3.00. The molecule has 0 aromatic heterocycles. The summed E-state index contributed by atoms with van der Waals surface area (Å²) in [5.41, 5.74) is -1.47. The van der Waals surface area contributed by atoms with Crippen molar-refractivity contribution in [1.82, 2.24) is 4.90 Å². The van der Waals surface area contributed by atoms with Gasteiger partial charge in [-0.3, -0.25) is 14.5 Å². The van der Waals surface area contributed by atoms with Crippen molar-refractivity contribution in [2.45, 2.75) is 31.9 Å². The summed E-state index contributed by atoms with van der Waals surface area (Å²) >= 11 is 6.17. The molecule has 0 unspecified atom stereocenters. The minimum absolute atomic E-state index is 0.0187. The first-order valence-electron chi connectivity index (χ1n) is 10.1. The average Bonchev–Trinajstić information content (AvgIpc) is 3.01. The van der Waals surface area contributed by atoms with E-state index in [-0.39, 0.29) is 38.9 Å². The molecule has 180 valence electrons. The maximum absolute atomic E-state index is 14.4. The molecule has 1 aliphatic rings. The molecule has 0 saturated carbocycles. The van der Waals surface area contributed by atoms with Crippen molar-refractivity contribution >= 4 is 46.3 Å². The minimum atomic E-state index is -4.67. The van der Waals surface area contributed by atoms with Crippen molar-refractivity contribution < 1.29 is 36.6 Å². The van der Waals surface area contributed by atoms with Gasteiger partial charge in [-0.2, -0.15) is 13.2 Å². The van der Waals surface area contributed by atoms with Gasteiger partial charge in [0, 0.05) is 24.1 Å². The largest absolute Gasteiger partial charge is 0.481 e. The van der Waals surface area contributed by atoms with Crippen molar-refractivity contribution in [2.75, 3.05) is 6.54 Å². The maximum Gasteiger partial charge on any atom is 0.416 e. The summed E-state index contributed by atoms with van der Waals surface area (Å²) < 4.78 is 68.1. The summed E-state index contributed by atoms with van der Waals surface area (Å²) in [4.78, 5) is 24.7. The van der Waals surface area contributed by atoms with E-state index in [0.29, 0.717) is 37.5 Å². The van der Waals surface area contributed by atoms with E-state index in [1.165, 1.54) is 17.0 Å². The molecule has 1 amide bonds. The molecule has 34 heavy (non-hydrogen) atoms. The first-order chi connectivity index (χ1) is 16.0. The number of benzene rings is 2. The van der Waals surface area contributed by atoms with Crippen LogP contribution < -0.4 is 0 Å². The first kappa shape index (κ1) is 25.8. The highest BCUT2D eigenvalue weighted by atomic mass is 32.2. The van der Waals surface area contributed by atoms with Crippen LogP contribution in [0, 0.1) is 11.6 Å². The number of nitrogens with zero attached hydrogens (tertiary/aromatic N) is 1. The molecule has 11 heteroatoms. The molecule has 3 rings (SSSR count). The van der Waals surface area contributed by atoms with Gasteiger partial charge in [0.15, 0.2) is 0 Å². The predicted octanol–water partition coefficient (Wildman–Crippen LogP) is 6.50. The second-order valence-corrected chi connectivity index (χ2v) is 9.14. The Morgan fingerprint density at radius 3 is 2.44 bits per heavy atom. The molecular formula is C23H18F5NO3S2. The number of rotatable bonds is 8. The number of unbranched alkanes of at least 4 members (excludes halogenated alkanes) is 2. The Hall–Kier alpha value is -2.79. The second kappa shape index (κ2) is 10.6. The predicted molar refractivity (Wildman–Crippen MR) is 123 cm³/mol. The monoisotopic (exact) mass is 515 g/mol. The highest BCUT2D eigenvalue weighted by Crippen LogP contribution is 2.36. The molecule has 1 fully saturated rings. The fourth-order valence-corrected chi connectivity index (χ4v) is 4.60. The molecule has 0 bridgehead atoms. The van der Waals surface area contributed by atoms with Gasteiger partial charge in [0.2, 0.25) is 0 Å². The van der Waals surface area contributed by atoms with Crippen LogP contribution in [0.5, 0.6) is 0 Å². The molecule has 1 N–H and O–H groups in total. The summed E-state index contributed by atoms with van der Waals surface area (Å²) in [6.45, 7) is 0.277. The molecule has 4 nitrogen and oxygen atoms in total. The number of carboxylic acids is 1. The van der Waals surface area contributed by atoms with Gasteiger partial charge in [0.25, 0.3) is 5.91 Å². The van der Waals surface area contributed by atoms with Crippen LogP contribution in [-0.4, -0.2) is 32.7 Å². The number of alkyl halides is 3. The van der Waals surface area contributed by atoms with Gasteiger partial charge in [-0.25, -0.2) is 8.78 Å². The highest BCUT2D eigenvalue weighted by Gasteiger charge is 2.32. The summed E-state index contributed by atoms with van der Waals surface area (Å²) in [7, 11) is 0. The SMILES string of the molecule is O=C(O)CCCCCN1C(=O)C(=Cc2cc(-c3cc(C(F)(F)F)ccc3F)ccc2F)SC1=S. The zero-order valence-corrected chi connectivity index (χ0v) is 19.1. The van der Waals surface area contributed by atoms with E-state index in [0.717, 1.165) is 23.9 Å². The number of carbonyl (C=O) groups is 2. The molecule has 0 aliphatic carbocycles. The van der Waals surface area contributed by atoms with Crippen molar-refractivity contribution in [1.29, 1.82) is 0 Å². The zero-order chi connectivity index (χ0) is 25.0. The highest BCUT2D eigenvalue weighted by molar-refractivity contribution is 8.26. The Morgan fingerprint density at radius 1 is 1.06 bits per heavy atom. The third kappa shape index (κ3) is 6.20. The van der Waals surface area contributed by atoms with Gasteiger partial charge >= 0.3 is 12.1 Å². The Morgan fingerprint density at radius 2 is 1.76 bits per heavy atom. The van der Waals surface area contributed by atoms with Gasteiger partial charge in [0.1, 0.15) is 16.0 Å². The summed E-state index contributed by atoms with van der Waals surface area (Å²) in [5, 5.41) is 8.66. The molecule has 0 radical (unpaired) electrons. The average molecular weight is 516 g/mol. The van der Waals surface area contributed by atoms with Crippen LogP contribution in [0.3, 0.4) is 0 Å². The van der Waals surface area contributed by atoms with Crippen LogP contribution in [0.25, 0.3) is 17.2 Å². The van der Waals surface area contributed by atoms with Crippen LogP contribution in [0.15, 0.2) is 41.3 Å². The number of thioether (sulfide) groups is 1. The summed E-state index contributed by atoms with van der Waals surface area (Å²) in [6.07, 6.45) is -1.83. The number of hydrogen-bond acceptors (Lipinski definition) is 4. The number of carboxylic acid groups (broad SMARTS) is 1. The maximum atomic E-state index is 14.4. The molecule has 1 saturated heterocycles. The van der Waals surface area contributed by atoms with Gasteiger partial charge < -0.3 is 5.11 Å². The van der Waals surface area contributed by atoms with Crippen molar-refractivity contribution in [2.24, 2.45) is 0 Å². The quantitative estimate of drug-likeness (QED) is 0.188. The summed E-state index contributed by atoms with van der Waals surface area (Å²) in [6, 6.07) is 5.29. The lowest BCUT2D eigenvalue weighted by atomic mass is 9.99. The number of hydrogen-bond donors (Lipinski definition) is 1. The lowest BCUT2D eigenvalue weighted by Crippen LogP contribution is -2.29. The van der Waals surface area contributed by atoms with Gasteiger partial charge in [-0.15, -0.1) is 0 Å². The Labute approximate surface area is 201 Å². The van der Waals surface area contributed by atoms with Gasteiger partial charge in [-0.1, -0.05) is 36.5 Å². The van der Waals surface area contributed by atoms with Crippen LogP contribution in [-0.2, 0) is 15.8 Å². The number of carbonyl (C=O) groups excluding carboxylic acids is 1. The third-order valence-corrected chi connectivity index (χ3v) is 6.41. The standard InChI is InChI=1S/C23H18F5NO3S2/c24-17-7-5-13(16-12-15(23(26,27)28)6-8-18(16)25)10-14(17)11-19-21(32)29(22(33)34-19)9-3-1-2-4-20(30)31/h5-8,10-12H,1-4,9H2,(H,30,31). The molecular weight excluding hydrogens is 497 g/mol. The number of aliphatic carboxylic acids is 1. The molecule has 1 heterocycles. The lowest BCUT2D eigenvalue weighted by molar-refractivity contribution is -0.138. The molecule has 2 aromatic carbocycles. The van der Waals surface area contributed by atoms with Gasteiger partial charge in [-0.05, 0) is 54.8 Å². The number of halogens is 5. The van der Waals surface area contributed by atoms with E-state index >= 15 is 0 Å². The number of amides is 1. The van der Waals surface area contributed by atoms with Crippen LogP contribution >= 0.6 is 24.0 Å². The third-order valence-electron chi connectivity index (χ3n) is 5.03. The van der Waals surface area contributed by atoms with Crippen molar-refractivity contribution in [3.8, 4) is 11.1 Å².